The van der Waals surface area contributed by atoms with Crippen molar-refractivity contribution >= 4 is 135 Å². The molecule has 0 spiro atoms. The summed E-state index contributed by atoms with van der Waals surface area (Å²) < 4.78 is 0. The summed E-state index contributed by atoms with van der Waals surface area (Å²) in [7, 11) is 0. The average Bonchev–Trinajstić information content (AvgIpc) is 0.842. The molecule has 0 heterocycles. The summed E-state index contributed by atoms with van der Waals surface area (Å²) in [5.41, 5.74) is 39.5. The van der Waals surface area contributed by atoms with Gasteiger partial charge in [-0.1, -0.05) is 192 Å². The SMILES string of the molecule is CCCCCCCCCCCCCCCC(=O)C[C@@H](CC(=O)O)C(=O)N[C@H](C(=O)C[C@@H](Cc1ccccc1)C(=O)N[C@@H](CCC(N)=O)C(=O)C[C@@H](CO)C(=O)N[C@@H](CCC(=O)O)C(=O)C[C@@H](CCCCN)C(=O)N[C@@H](CCCN)C(=O)C[C@@H](CCCN=C(N)N)C(=O)N[C@@H](CO)C(=O)C[C@@H](C)C(=O)N[C@@H](CC(=O)O)C(=O)C[C@@H](CCC(N)=O)C(=O)N[C@@H](Cc1ccccc1)C(=O)C[C@H](C(C)=O)[C@@H](C)CC)C(C)C.N=CN. The van der Waals surface area contributed by atoms with E-state index in [-0.39, 0.29) is 114 Å². The Bertz CT molecular complexity index is 4520. The molecule has 2 rings (SSSR count). The Hall–Kier alpha value is -12.3. The molecule has 42 nitrogen and oxygen atoms in total. The number of amides is 9. The van der Waals surface area contributed by atoms with Gasteiger partial charge in [0, 0.05) is 119 Å². The third kappa shape index (κ3) is 56.4. The number of hydrogen-bond donors (Lipinski definition) is 20. The van der Waals surface area contributed by atoms with E-state index < -0.39 is 310 Å². The molecule has 0 saturated heterocycles. The van der Waals surface area contributed by atoms with Gasteiger partial charge in [0.2, 0.25) is 53.2 Å². The van der Waals surface area contributed by atoms with Crippen molar-refractivity contribution in [2.24, 2.45) is 104 Å². The number of hydrogen-bond acceptors (Lipinski definition) is 27. The standard InChI is InChI=1S/C103H162N14O26.CH4N2/c1-8-10-11-12-13-14-15-16-17-18-19-20-27-38-75(121)52-73(58-93(133)134)101(142)117-95(63(3)4)89(128)56-72(50-67-32-23-21-24-33-67)100(141)112-78(41-44-91(107)130)86(125)57-74(61-118)102(143)113-79(42-45-92(131)132)85(124)53-69(36-28-29-46-104)97(138)111-77(39-30-47-105)84(123)54-70(37-31-48-110-103(108)109)98(139)116-82(62-119)83(122)49-65(6)96(137)114-81(60-94(135)136)87(126)55-71(40-43-90(106)129)99(140)115-80(51-68-34-25-22-26-35-68)88(127)59-76(66(7)120)64(5)9-2;2-1-3/h21-26,32-35,63-65,69-74,76-82,95,118-119H,8-20,27-31,36-62,104-105H2,1-7H3,(H2,106,129)(H2,107,130)(H,111,138)(H,112,141)(H,113,143)(H,114,137)(H,115,140)(H,116,139)(H,117,142)(H,131,132)(H,133,134)(H,135,136)(H4,108,109,110);1H,(H3,2,3)/t64-,65+,69+,70+,71+,72+,73-,74-,76-,77-,78-,79-,80-,81-,82-,95-;/m0./s1. The van der Waals surface area contributed by atoms with Crippen LogP contribution < -0.4 is 77.4 Å². The summed E-state index contributed by atoms with van der Waals surface area (Å²) in [4.78, 5) is 293. The van der Waals surface area contributed by atoms with Crippen LogP contribution in [0.25, 0.3) is 0 Å². The first-order valence-corrected chi connectivity index (χ1v) is 51.3. The summed E-state index contributed by atoms with van der Waals surface area (Å²) in [6.07, 6.45) is 5.34. The molecule has 0 bridgehead atoms. The molecule has 0 saturated carbocycles. The fraction of sp³-hybridized carbons (Fsp3) is 0.663. The number of benzene rings is 2. The van der Waals surface area contributed by atoms with Crippen LogP contribution >= 0.6 is 0 Å². The van der Waals surface area contributed by atoms with Crippen LogP contribution in [-0.2, 0) is 114 Å². The Kier molecular flexibility index (Phi) is 68.0. The number of aliphatic imine (C=N–C) groups is 1. The van der Waals surface area contributed by atoms with E-state index >= 15 is 0 Å². The second kappa shape index (κ2) is 75.4. The van der Waals surface area contributed by atoms with E-state index in [2.05, 4.69) is 54.9 Å². The first-order valence-electron chi connectivity index (χ1n) is 51.3. The molecular weight excluding hydrogens is 1890 g/mol. The van der Waals surface area contributed by atoms with Crippen LogP contribution in [0, 0.1) is 64.6 Å². The van der Waals surface area contributed by atoms with Gasteiger partial charge in [0.25, 0.3) is 0 Å². The second-order valence-corrected chi connectivity index (χ2v) is 38.4. The zero-order chi connectivity index (χ0) is 110. The normalized spacial score (nSPS) is 14.4. The number of primary amides is 2. The minimum Gasteiger partial charge on any atom is -0.481 e. The number of unbranched alkanes of at least 4 members (excludes halogenated alkanes) is 13. The Morgan fingerprint density at radius 2 is 0.760 bits per heavy atom. The van der Waals surface area contributed by atoms with Crippen molar-refractivity contribution in [3.8, 4) is 0 Å². The predicted octanol–water partition coefficient (Wildman–Crippen LogP) is 5.06. The molecule has 0 unspecified atom stereocenters. The minimum atomic E-state index is -1.87. The topological polar surface area (TPSA) is 762 Å². The van der Waals surface area contributed by atoms with E-state index in [0.717, 1.165) is 38.4 Å². The zero-order valence-electron chi connectivity index (χ0n) is 86.3. The number of carboxylic acids is 3. The number of rotatable bonds is 85. The third-order valence-electron chi connectivity index (χ3n) is 25.9. The number of ketones is 9. The number of carboxylic acid groups (broad SMARTS) is 3. The summed E-state index contributed by atoms with van der Waals surface area (Å²) in [5.74, 6) is -31.4. The Morgan fingerprint density at radius 3 is 1.21 bits per heavy atom. The highest BCUT2D eigenvalue weighted by molar-refractivity contribution is 6.02. The number of aliphatic carboxylic acids is 3. The molecule has 16 atom stereocenters. The quantitative estimate of drug-likeness (QED) is 0.0234. The first-order chi connectivity index (χ1) is 69.2. The lowest BCUT2D eigenvalue weighted by Gasteiger charge is -2.27. The van der Waals surface area contributed by atoms with Crippen LogP contribution in [0.4, 0.5) is 0 Å². The predicted molar refractivity (Wildman–Crippen MR) is 546 cm³/mol. The van der Waals surface area contributed by atoms with E-state index in [1.54, 1.807) is 74.5 Å². The number of carbonyl (C=O) groups is 21. The van der Waals surface area contributed by atoms with Crippen molar-refractivity contribution < 1.29 is 126 Å². The van der Waals surface area contributed by atoms with Gasteiger partial charge in [-0.3, -0.25) is 111 Å². The van der Waals surface area contributed by atoms with Gasteiger partial charge in [-0.15, -0.1) is 0 Å². The van der Waals surface area contributed by atoms with E-state index in [1.165, 1.54) is 58.8 Å². The molecule has 9 amide bonds. The van der Waals surface area contributed by atoms with E-state index in [0.29, 0.717) is 30.4 Å². The van der Waals surface area contributed by atoms with Crippen molar-refractivity contribution in [1.29, 1.82) is 5.41 Å². The van der Waals surface area contributed by atoms with Gasteiger partial charge in [-0.25, -0.2) is 0 Å². The summed E-state index contributed by atoms with van der Waals surface area (Å²) in [6, 6.07) is 5.82. The number of nitrogens with zero attached hydrogens (tertiary/aromatic N) is 1. The Balaban J connectivity index is 0.0000350. The Labute approximate surface area is 856 Å². The van der Waals surface area contributed by atoms with Crippen molar-refractivity contribution in [2.75, 3.05) is 32.8 Å². The van der Waals surface area contributed by atoms with E-state index in [9.17, 15) is 126 Å². The van der Waals surface area contributed by atoms with Gasteiger partial charge in [-0.05, 0) is 120 Å². The molecule has 0 aliphatic rings. The highest BCUT2D eigenvalue weighted by atomic mass is 16.4. The maximum absolute atomic E-state index is 14.8. The van der Waals surface area contributed by atoms with Gasteiger partial charge < -0.3 is 103 Å². The van der Waals surface area contributed by atoms with Crippen LogP contribution in [0.2, 0.25) is 0 Å². The molecule has 0 aliphatic carbocycles. The van der Waals surface area contributed by atoms with Gasteiger partial charge in [0.15, 0.2) is 46.4 Å². The number of Topliss-reactive ketones (excluding diaryl/α,β-unsaturated/α-hetero) is 9. The van der Waals surface area contributed by atoms with Gasteiger partial charge >= 0.3 is 17.9 Å². The molecular formula is C104H166N16O26. The summed E-state index contributed by atoms with van der Waals surface area (Å²) in [6.45, 7) is 9.40. The first kappa shape index (κ1) is 132. The fourth-order valence-corrected chi connectivity index (χ4v) is 17.0. The molecule has 27 N–H and O–H groups in total. The molecule has 0 aliphatic heterocycles. The van der Waals surface area contributed by atoms with Crippen LogP contribution in [0.5, 0.6) is 0 Å². The fourth-order valence-electron chi connectivity index (χ4n) is 17.0. The monoisotopic (exact) mass is 2060 g/mol. The van der Waals surface area contributed by atoms with Gasteiger partial charge in [0.05, 0.1) is 80.5 Å². The lowest BCUT2D eigenvalue weighted by Crippen LogP contribution is -2.50. The average molecular weight is 2060 g/mol. The van der Waals surface area contributed by atoms with Crippen molar-refractivity contribution in [3.63, 3.8) is 0 Å². The maximum Gasteiger partial charge on any atom is 0.305 e. The molecule has 0 aromatic heterocycles. The largest absolute Gasteiger partial charge is 0.481 e. The minimum absolute atomic E-state index is 0.0101. The number of aliphatic hydroxyl groups excluding tert-OH is 2. The molecule has 42 heteroatoms. The van der Waals surface area contributed by atoms with Crippen LogP contribution in [-0.4, -0.2) is 236 Å². The number of guanidine groups is 1. The number of nitrogens with one attached hydrogen (secondary N) is 8. The molecule has 0 radical (unpaired) electrons. The van der Waals surface area contributed by atoms with Crippen LogP contribution in [0.3, 0.4) is 0 Å². The molecule has 146 heavy (non-hydrogen) atoms. The van der Waals surface area contributed by atoms with E-state index in [1.807, 2.05) is 13.8 Å². The van der Waals surface area contributed by atoms with Crippen molar-refractivity contribution in [2.45, 2.75) is 348 Å². The van der Waals surface area contributed by atoms with Gasteiger partial charge in [0.1, 0.15) is 17.6 Å². The molecule has 2 aromatic rings. The van der Waals surface area contributed by atoms with Crippen molar-refractivity contribution in [3.05, 3.63) is 71.8 Å². The van der Waals surface area contributed by atoms with E-state index in [4.69, 9.17) is 39.8 Å². The summed E-state index contributed by atoms with van der Waals surface area (Å²) in [5, 5.41) is 74.9. The van der Waals surface area contributed by atoms with Crippen LogP contribution in [0.1, 0.15) is 304 Å². The number of carbonyl (C=O) groups excluding carboxylic acids is 18. The van der Waals surface area contributed by atoms with Crippen LogP contribution in [0.15, 0.2) is 65.7 Å². The molecule has 818 valence electrons. The molecule has 0 fully saturated rings. The smallest absolute Gasteiger partial charge is 0.305 e. The Morgan fingerprint density at radius 1 is 0.363 bits per heavy atom. The highest BCUT2D eigenvalue weighted by Crippen LogP contribution is 2.28. The molecule has 2 aromatic carbocycles. The lowest BCUT2D eigenvalue weighted by molar-refractivity contribution is -0.143. The maximum atomic E-state index is 14.8. The van der Waals surface area contributed by atoms with Crippen molar-refractivity contribution in [1.82, 2.24) is 37.2 Å². The number of nitrogens with two attached hydrogens (primary N) is 7. The van der Waals surface area contributed by atoms with Gasteiger partial charge in [-0.2, -0.15) is 0 Å². The number of aliphatic hydroxyl groups is 2. The zero-order valence-corrected chi connectivity index (χ0v) is 86.3. The third-order valence-corrected chi connectivity index (χ3v) is 25.9. The summed E-state index contributed by atoms with van der Waals surface area (Å²) >= 11 is 0. The lowest BCUT2D eigenvalue weighted by atomic mass is 9.82. The second-order valence-electron chi connectivity index (χ2n) is 38.4. The highest BCUT2D eigenvalue weighted by Gasteiger charge is 2.41.